The van der Waals surface area contributed by atoms with E-state index in [0.29, 0.717) is 11.4 Å². The van der Waals surface area contributed by atoms with Gasteiger partial charge in [0.25, 0.3) is 0 Å². The minimum atomic E-state index is -0.676. The van der Waals surface area contributed by atoms with Gasteiger partial charge < -0.3 is 4.74 Å². The number of anilines is 1. The van der Waals surface area contributed by atoms with E-state index in [1.807, 2.05) is 48.5 Å². The first-order valence-electron chi connectivity index (χ1n) is 12.0. The summed E-state index contributed by atoms with van der Waals surface area (Å²) in [6, 6.07) is 15.4. The van der Waals surface area contributed by atoms with E-state index in [1.165, 1.54) is 12.6 Å². The van der Waals surface area contributed by atoms with Gasteiger partial charge in [0.05, 0.1) is 6.34 Å². The zero-order chi connectivity index (χ0) is 28.2. The van der Waals surface area contributed by atoms with Crippen molar-refractivity contribution in [2.75, 3.05) is 5.32 Å². The average molecular weight is 519 g/mol. The quantitative estimate of drug-likeness (QED) is 0.188. The van der Waals surface area contributed by atoms with Crippen molar-refractivity contribution in [1.29, 1.82) is 5.26 Å². The molecule has 2 amide bonds. The van der Waals surface area contributed by atoms with E-state index in [1.54, 1.807) is 41.5 Å². The SMILES string of the molecule is CC(C)(C)OC(=O)NC=Nc1ccc(CCc2ccc(NC(=BOC#N)NC(=O)OC(C)(C)C)cc2)cc1. The predicted octanol–water partition coefficient (Wildman–Crippen LogP) is 4.80. The van der Waals surface area contributed by atoms with Gasteiger partial charge in [0.1, 0.15) is 5.60 Å². The Morgan fingerprint density at radius 1 is 0.895 bits per heavy atom. The number of hydrogen-bond acceptors (Lipinski definition) is 8. The Morgan fingerprint density at radius 2 is 1.42 bits per heavy atom. The van der Waals surface area contributed by atoms with Gasteiger partial charge in [-0.05, 0) is 20.8 Å². The molecule has 0 radical (unpaired) electrons. The molecular formula is C27H34BN5O5. The molecule has 200 valence electrons. The fourth-order valence-electron chi connectivity index (χ4n) is 3.00. The van der Waals surface area contributed by atoms with Gasteiger partial charge in [-0.15, -0.1) is 0 Å². The second kappa shape index (κ2) is 13.8. The summed E-state index contributed by atoms with van der Waals surface area (Å²) < 4.78 is 15.0. The van der Waals surface area contributed by atoms with E-state index in [2.05, 4.69) is 25.6 Å². The molecule has 3 N–H and O–H groups in total. The van der Waals surface area contributed by atoms with Gasteiger partial charge in [-0.3, -0.25) is 5.32 Å². The first kappa shape index (κ1) is 29.9. The molecule has 38 heavy (non-hydrogen) atoms. The molecule has 0 bridgehead atoms. The summed E-state index contributed by atoms with van der Waals surface area (Å²) in [5, 5.41) is 16.7. The predicted molar refractivity (Wildman–Crippen MR) is 148 cm³/mol. The van der Waals surface area contributed by atoms with Crippen LogP contribution in [0.4, 0.5) is 21.0 Å². The molecular weight excluding hydrogens is 485 g/mol. The number of ether oxygens (including phenoxy) is 2. The van der Waals surface area contributed by atoms with Crippen LogP contribution in [-0.2, 0) is 27.0 Å². The number of nitrogens with zero attached hydrogens (tertiary/aromatic N) is 2. The van der Waals surface area contributed by atoms with Crippen molar-refractivity contribution in [2.24, 2.45) is 4.99 Å². The summed E-state index contributed by atoms with van der Waals surface area (Å²) in [7, 11) is 1.10. The van der Waals surface area contributed by atoms with Gasteiger partial charge in [-0.2, -0.15) is 0 Å². The van der Waals surface area contributed by atoms with Crippen LogP contribution in [0.25, 0.3) is 0 Å². The zero-order valence-electron chi connectivity index (χ0n) is 22.6. The van der Waals surface area contributed by atoms with Crippen molar-refractivity contribution in [3.8, 4) is 6.26 Å². The molecule has 10 nitrogen and oxygen atoms in total. The van der Waals surface area contributed by atoms with Crippen molar-refractivity contribution in [1.82, 2.24) is 10.6 Å². The molecule has 0 aliphatic rings. The van der Waals surface area contributed by atoms with E-state index < -0.39 is 23.4 Å². The van der Waals surface area contributed by atoms with Crippen LogP contribution in [0.1, 0.15) is 52.7 Å². The fourth-order valence-corrected chi connectivity index (χ4v) is 3.00. The summed E-state index contributed by atoms with van der Waals surface area (Å²) in [5.74, 6) is 0. The number of rotatable bonds is 9. The standard InChI is InChI=1S/C27H34BN5O5/c1-26(2,3)37-24(34)31-18-30-21-13-9-19(10-14-21)7-8-20-11-15-22(16-12-20)32-23(28-36-17-29)33-25(35)38-27(4,5)6/h9-16,18,32H,7-8H2,1-6H3,(H,33,35)(H,30,31,34). The maximum absolute atomic E-state index is 12.1. The van der Waals surface area contributed by atoms with Crippen molar-refractivity contribution in [3.05, 3.63) is 59.7 Å². The molecule has 0 aliphatic heterocycles. The van der Waals surface area contributed by atoms with Crippen molar-refractivity contribution < 1.29 is 23.7 Å². The topological polar surface area (TPSA) is 134 Å². The third-order valence-corrected chi connectivity index (χ3v) is 4.53. The number of alkyl carbamates (subject to hydrolysis) is 2. The number of aryl methyl sites for hydroxylation is 2. The number of carbonyl (C=O) groups is 2. The molecule has 0 aromatic heterocycles. The molecule has 0 atom stereocenters. The molecule has 0 unspecified atom stereocenters. The van der Waals surface area contributed by atoms with E-state index in [9.17, 15) is 9.59 Å². The van der Waals surface area contributed by atoms with Gasteiger partial charge >= 0.3 is 172 Å². The summed E-state index contributed by atoms with van der Waals surface area (Å²) >= 11 is 0. The van der Waals surface area contributed by atoms with Gasteiger partial charge in [0.15, 0.2) is 0 Å². The first-order valence-corrected chi connectivity index (χ1v) is 12.0. The molecule has 0 aliphatic carbocycles. The monoisotopic (exact) mass is 519 g/mol. The Bertz CT molecular complexity index is 1170. The van der Waals surface area contributed by atoms with Crippen LogP contribution < -0.4 is 16.0 Å². The number of nitrogens with one attached hydrogen (secondary N) is 3. The van der Waals surface area contributed by atoms with Gasteiger partial charge in [-0.1, -0.05) is 0 Å². The Balaban J connectivity index is 1.88. The van der Waals surface area contributed by atoms with Crippen LogP contribution in [0.15, 0.2) is 53.5 Å². The Labute approximate surface area is 224 Å². The van der Waals surface area contributed by atoms with Gasteiger partial charge in [0, 0.05) is 0 Å². The Morgan fingerprint density at radius 3 is 1.95 bits per heavy atom. The normalized spacial score (nSPS) is 11.7. The molecule has 0 saturated heterocycles. The maximum atomic E-state index is 12.1. The summed E-state index contributed by atoms with van der Waals surface area (Å²) in [6.07, 6.45) is 3.26. The van der Waals surface area contributed by atoms with Crippen LogP contribution in [-0.4, -0.2) is 42.6 Å². The van der Waals surface area contributed by atoms with Crippen LogP contribution in [0, 0.1) is 11.5 Å². The Hall–Kier alpha value is -4.33. The average Bonchev–Trinajstić information content (AvgIpc) is 2.80. The third-order valence-electron chi connectivity index (χ3n) is 4.53. The van der Waals surface area contributed by atoms with Crippen LogP contribution >= 0.6 is 0 Å². The van der Waals surface area contributed by atoms with E-state index in [4.69, 9.17) is 14.7 Å². The first-order chi connectivity index (χ1) is 17.8. The molecule has 0 saturated carbocycles. The van der Waals surface area contributed by atoms with Crippen LogP contribution in [0.5, 0.6) is 0 Å². The summed E-state index contributed by atoms with van der Waals surface area (Å²) in [4.78, 5) is 27.9. The number of hydrogen-bond donors (Lipinski definition) is 3. The number of nitriles is 1. The van der Waals surface area contributed by atoms with Gasteiger partial charge in [0.2, 0.25) is 0 Å². The van der Waals surface area contributed by atoms with E-state index in [0.717, 1.165) is 31.1 Å². The second-order valence-corrected chi connectivity index (χ2v) is 10.3. The van der Waals surface area contributed by atoms with Crippen molar-refractivity contribution in [2.45, 2.75) is 65.6 Å². The third kappa shape index (κ3) is 12.6. The van der Waals surface area contributed by atoms with Crippen molar-refractivity contribution >= 4 is 42.7 Å². The van der Waals surface area contributed by atoms with Crippen LogP contribution in [0.3, 0.4) is 0 Å². The summed E-state index contributed by atoms with van der Waals surface area (Å²) in [5.41, 5.74) is 2.61. The summed E-state index contributed by atoms with van der Waals surface area (Å²) in [6.45, 7) is 10.6. The van der Waals surface area contributed by atoms with Crippen molar-refractivity contribution in [3.63, 3.8) is 0 Å². The molecule has 2 rings (SSSR count). The number of aliphatic imine (C=N–C) groups is 1. The molecule has 2 aromatic carbocycles. The minimum absolute atomic E-state index is 0.164. The van der Waals surface area contributed by atoms with E-state index >= 15 is 0 Å². The van der Waals surface area contributed by atoms with Crippen LogP contribution in [0.2, 0.25) is 0 Å². The molecule has 2 aromatic rings. The molecule has 0 heterocycles. The molecule has 0 spiro atoms. The zero-order valence-corrected chi connectivity index (χ0v) is 22.6. The fraction of sp³-hybridized carbons (Fsp3) is 0.370. The number of amides is 2. The van der Waals surface area contributed by atoms with E-state index in [-0.39, 0.29) is 5.71 Å². The Kier molecular flexibility index (Phi) is 10.9. The second-order valence-electron chi connectivity index (χ2n) is 10.3. The molecule has 0 fully saturated rings. The molecule has 11 heteroatoms. The number of carbonyl (C=O) groups excluding carboxylic acids is 2. The van der Waals surface area contributed by atoms with Gasteiger partial charge in [-0.25, -0.2) is 9.79 Å². The number of benzene rings is 2.